The van der Waals surface area contributed by atoms with Crippen LogP contribution in [0.5, 0.6) is 5.75 Å². The smallest absolute Gasteiger partial charge is 0.124 e. The molecule has 3 aromatic rings. The molecule has 5 heteroatoms. The van der Waals surface area contributed by atoms with Gasteiger partial charge in [0.25, 0.3) is 0 Å². The number of anilines is 1. The van der Waals surface area contributed by atoms with E-state index in [2.05, 4.69) is 47.8 Å². The minimum Gasteiger partial charge on any atom is -0.496 e. The maximum Gasteiger partial charge on any atom is 0.124 e. The second-order valence-corrected chi connectivity index (χ2v) is 8.51. The van der Waals surface area contributed by atoms with Crippen LogP contribution in [0.3, 0.4) is 0 Å². The Morgan fingerprint density at radius 3 is 2.64 bits per heavy atom. The zero-order chi connectivity index (χ0) is 19.4. The van der Waals surface area contributed by atoms with E-state index >= 15 is 0 Å². The van der Waals surface area contributed by atoms with E-state index < -0.39 is 0 Å². The predicted molar refractivity (Wildman–Crippen MR) is 118 cm³/mol. The minimum absolute atomic E-state index is 0.0447. The minimum atomic E-state index is 0.0447. The van der Waals surface area contributed by atoms with Crippen molar-refractivity contribution in [2.45, 2.75) is 18.4 Å². The van der Waals surface area contributed by atoms with E-state index in [0.29, 0.717) is 21.0 Å². The topological polar surface area (TPSA) is 21.3 Å². The molecule has 28 heavy (non-hydrogen) atoms. The third-order valence-electron chi connectivity index (χ3n) is 5.94. The number of allylic oxidation sites excluding steroid dienone is 2. The molecular weight excluding hydrogens is 413 g/mol. The SMILES string of the molecule is COc1ccc2ccccc2c1C1Nc2c(Cl)cc(Cl)c(Cl)c2C2C=CCC21. The first-order valence-electron chi connectivity index (χ1n) is 9.26. The fourth-order valence-corrected chi connectivity index (χ4v) is 5.53. The summed E-state index contributed by atoms with van der Waals surface area (Å²) in [5.74, 6) is 1.34. The van der Waals surface area contributed by atoms with Crippen molar-refractivity contribution in [3.63, 3.8) is 0 Å². The number of methoxy groups -OCH3 is 1. The van der Waals surface area contributed by atoms with Gasteiger partial charge in [0.1, 0.15) is 5.75 Å². The third-order valence-corrected chi connectivity index (χ3v) is 7.04. The van der Waals surface area contributed by atoms with E-state index in [9.17, 15) is 0 Å². The molecule has 1 aliphatic heterocycles. The number of benzene rings is 3. The van der Waals surface area contributed by atoms with Crippen LogP contribution in [0.15, 0.2) is 54.6 Å². The van der Waals surface area contributed by atoms with Crippen LogP contribution >= 0.6 is 34.8 Å². The van der Waals surface area contributed by atoms with Gasteiger partial charge in [0.05, 0.1) is 33.9 Å². The molecule has 0 saturated carbocycles. The molecule has 3 atom stereocenters. The average molecular weight is 431 g/mol. The van der Waals surface area contributed by atoms with Crippen LogP contribution in [0.25, 0.3) is 10.8 Å². The van der Waals surface area contributed by atoms with Crippen LogP contribution < -0.4 is 10.1 Å². The van der Waals surface area contributed by atoms with Crippen molar-refractivity contribution in [3.8, 4) is 5.75 Å². The van der Waals surface area contributed by atoms with Crippen molar-refractivity contribution in [2.24, 2.45) is 5.92 Å². The van der Waals surface area contributed by atoms with E-state index in [4.69, 9.17) is 39.5 Å². The van der Waals surface area contributed by atoms with E-state index in [1.54, 1.807) is 13.2 Å². The summed E-state index contributed by atoms with van der Waals surface area (Å²) in [7, 11) is 1.72. The Morgan fingerprint density at radius 1 is 1.00 bits per heavy atom. The van der Waals surface area contributed by atoms with Crippen LogP contribution in [0.4, 0.5) is 5.69 Å². The Hall–Kier alpha value is -1.87. The summed E-state index contributed by atoms with van der Waals surface area (Å²) in [6.07, 6.45) is 5.41. The molecule has 0 aromatic heterocycles. The first-order chi connectivity index (χ1) is 13.6. The number of fused-ring (bicyclic) bond motifs is 4. The van der Waals surface area contributed by atoms with Gasteiger partial charge in [-0.25, -0.2) is 0 Å². The van der Waals surface area contributed by atoms with E-state index in [-0.39, 0.29) is 12.0 Å². The maximum atomic E-state index is 6.61. The van der Waals surface area contributed by atoms with Crippen LogP contribution in [0, 0.1) is 5.92 Å². The van der Waals surface area contributed by atoms with Gasteiger partial charge in [0, 0.05) is 17.0 Å². The zero-order valence-electron chi connectivity index (χ0n) is 15.2. The normalized spacial score (nSPS) is 22.6. The van der Waals surface area contributed by atoms with Crippen molar-refractivity contribution in [2.75, 3.05) is 12.4 Å². The molecule has 3 unspecified atom stereocenters. The third kappa shape index (κ3) is 2.62. The molecule has 2 aliphatic rings. The van der Waals surface area contributed by atoms with Gasteiger partial charge in [0.15, 0.2) is 0 Å². The summed E-state index contributed by atoms with van der Waals surface area (Å²) in [6.45, 7) is 0. The Morgan fingerprint density at radius 2 is 1.82 bits per heavy atom. The molecule has 0 amide bonds. The maximum absolute atomic E-state index is 6.61. The quantitative estimate of drug-likeness (QED) is 0.333. The lowest BCUT2D eigenvalue weighted by atomic mass is 9.76. The standard InChI is InChI=1S/C23H18Cl3NO/c1-28-18-10-9-12-5-2-3-6-13(12)19(18)22-15-8-4-7-14(15)20-21(26)16(24)11-17(25)23(20)27-22/h2-7,9-11,14-15,22,27H,8H2,1H3. The second-order valence-electron chi connectivity index (χ2n) is 7.32. The highest BCUT2D eigenvalue weighted by molar-refractivity contribution is 6.44. The fraction of sp³-hybridized carbons (Fsp3) is 0.217. The summed E-state index contributed by atoms with van der Waals surface area (Å²) in [5.41, 5.74) is 3.02. The van der Waals surface area contributed by atoms with E-state index in [1.165, 1.54) is 10.8 Å². The number of rotatable bonds is 2. The molecular formula is C23H18Cl3NO. The van der Waals surface area contributed by atoms with Crippen LogP contribution in [0.1, 0.15) is 29.5 Å². The molecule has 0 radical (unpaired) electrons. The number of hydrogen-bond acceptors (Lipinski definition) is 2. The summed E-state index contributed by atoms with van der Waals surface area (Å²) in [4.78, 5) is 0. The van der Waals surface area contributed by atoms with Crippen LogP contribution in [-0.4, -0.2) is 7.11 Å². The Bertz CT molecular complexity index is 1120. The predicted octanol–water partition coefficient (Wildman–Crippen LogP) is 7.64. The lowest BCUT2D eigenvalue weighted by Gasteiger charge is -2.39. The van der Waals surface area contributed by atoms with Gasteiger partial charge in [-0.3, -0.25) is 0 Å². The van der Waals surface area contributed by atoms with Gasteiger partial charge in [-0.15, -0.1) is 0 Å². The number of halogens is 3. The summed E-state index contributed by atoms with van der Waals surface area (Å²) >= 11 is 19.5. The van der Waals surface area contributed by atoms with Crippen molar-refractivity contribution in [3.05, 3.63) is 80.8 Å². The molecule has 0 fully saturated rings. The van der Waals surface area contributed by atoms with Crippen LogP contribution in [0.2, 0.25) is 15.1 Å². The molecule has 0 bridgehead atoms. The molecule has 5 rings (SSSR count). The molecule has 1 N–H and O–H groups in total. The highest BCUT2D eigenvalue weighted by atomic mass is 35.5. The van der Waals surface area contributed by atoms with Gasteiger partial charge in [0.2, 0.25) is 0 Å². The number of ether oxygens (including phenoxy) is 1. The first-order valence-corrected chi connectivity index (χ1v) is 10.4. The van der Waals surface area contributed by atoms with Crippen molar-refractivity contribution in [1.29, 1.82) is 0 Å². The molecule has 142 valence electrons. The molecule has 0 saturated heterocycles. The lowest BCUT2D eigenvalue weighted by molar-refractivity contribution is 0.383. The highest BCUT2D eigenvalue weighted by Crippen LogP contribution is 2.56. The van der Waals surface area contributed by atoms with Crippen molar-refractivity contribution >= 4 is 51.3 Å². The molecule has 2 nitrogen and oxygen atoms in total. The van der Waals surface area contributed by atoms with Gasteiger partial charge in [-0.2, -0.15) is 0 Å². The van der Waals surface area contributed by atoms with E-state index in [0.717, 1.165) is 29.0 Å². The fourth-order valence-electron chi connectivity index (χ4n) is 4.72. The summed E-state index contributed by atoms with van der Waals surface area (Å²) in [5, 5.41) is 7.73. The summed E-state index contributed by atoms with van der Waals surface area (Å²) < 4.78 is 5.78. The zero-order valence-corrected chi connectivity index (χ0v) is 17.4. The Balaban J connectivity index is 1.76. The largest absolute Gasteiger partial charge is 0.496 e. The van der Waals surface area contributed by atoms with Gasteiger partial charge in [-0.1, -0.05) is 77.3 Å². The average Bonchev–Trinajstić information content (AvgIpc) is 3.20. The highest BCUT2D eigenvalue weighted by Gasteiger charge is 2.42. The first kappa shape index (κ1) is 18.2. The van der Waals surface area contributed by atoms with Crippen molar-refractivity contribution in [1.82, 2.24) is 0 Å². The van der Waals surface area contributed by atoms with Gasteiger partial charge < -0.3 is 10.1 Å². The second kappa shape index (κ2) is 6.88. The lowest BCUT2D eigenvalue weighted by Crippen LogP contribution is -2.30. The van der Waals surface area contributed by atoms with Crippen LogP contribution in [-0.2, 0) is 0 Å². The van der Waals surface area contributed by atoms with Crippen molar-refractivity contribution < 1.29 is 4.74 Å². The van der Waals surface area contributed by atoms with Gasteiger partial charge >= 0.3 is 0 Å². The number of nitrogens with one attached hydrogen (secondary N) is 1. The van der Waals surface area contributed by atoms with Gasteiger partial charge in [-0.05, 0) is 35.2 Å². The van der Waals surface area contributed by atoms with E-state index in [1.807, 2.05) is 6.07 Å². The monoisotopic (exact) mass is 429 g/mol. The molecule has 3 aromatic carbocycles. The molecule has 1 heterocycles. The molecule has 1 aliphatic carbocycles. The Labute approximate surface area is 179 Å². The molecule has 0 spiro atoms. The summed E-state index contributed by atoms with van der Waals surface area (Å²) in [6, 6.07) is 14.3. The Kier molecular flexibility index (Phi) is 4.46. The number of hydrogen-bond donors (Lipinski definition) is 1.